The van der Waals surface area contributed by atoms with Gasteiger partial charge in [0.2, 0.25) is 5.91 Å². The average Bonchev–Trinajstić information content (AvgIpc) is 3.61. The zero-order valence-corrected chi connectivity index (χ0v) is 20.6. The second kappa shape index (κ2) is 9.74. The highest BCUT2D eigenvalue weighted by Gasteiger charge is 2.52. The minimum atomic E-state index is -0.819. The van der Waals surface area contributed by atoms with Gasteiger partial charge in [0.05, 0.1) is 12.6 Å². The van der Waals surface area contributed by atoms with E-state index in [9.17, 15) is 19.2 Å². The van der Waals surface area contributed by atoms with E-state index in [4.69, 9.17) is 4.74 Å². The first kappa shape index (κ1) is 23.4. The predicted molar refractivity (Wildman–Crippen MR) is 132 cm³/mol. The molecule has 35 heavy (non-hydrogen) atoms. The third kappa shape index (κ3) is 4.53. The predicted octanol–water partition coefficient (Wildman–Crippen LogP) is 3.31. The Hall–Kier alpha value is -3.31. The van der Waals surface area contributed by atoms with Crippen LogP contribution in [0.2, 0.25) is 0 Å². The van der Waals surface area contributed by atoms with Crippen LogP contribution in [0, 0.1) is 0 Å². The van der Waals surface area contributed by atoms with Gasteiger partial charge in [-0.25, -0.2) is 4.79 Å². The summed E-state index contributed by atoms with van der Waals surface area (Å²) in [5, 5.41) is 5.12. The lowest BCUT2D eigenvalue weighted by Gasteiger charge is -2.28. The number of rotatable bonds is 6. The number of aromatic nitrogens is 1. The van der Waals surface area contributed by atoms with E-state index in [1.165, 1.54) is 27.3 Å². The minimum absolute atomic E-state index is 0.0576. The molecule has 0 saturated carbocycles. The Morgan fingerprint density at radius 2 is 2.09 bits per heavy atom. The Bertz CT molecular complexity index is 1240. The third-order valence-corrected chi connectivity index (χ3v) is 8.30. The van der Waals surface area contributed by atoms with Crippen LogP contribution in [0.3, 0.4) is 0 Å². The van der Waals surface area contributed by atoms with Crippen molar-refractivity contribution in [3.05, 3.63) is 47.6 Å². The van der Waals surface area contributed by atoms with Crippen LogP contribution in [0.5, 0.6) is 5.06 Å². The maximum atomic E-state index is 13.4. The van der Waals surface area contributed by atoms with Crippen LogP contribution in [0.1, 0.15) is 36.7 Å². The van der Waals surface area contributed by atoms with E-state index in [0.29, 0.717) is 30.9 Å². The normalized spacial score (nSPS) is 20.2. The molecule has 2 fully saturated rings. The molecule has 0 radical (unpaired) electrons. The van der Waals surface area contributed by atoms with Crippen molar-refractivity contribution in [2.24, 2.45) is 0 Å². The summed E-state index contributed by atoms with van der Waals surface area (Å²) in [6.07, 6.45) is 2.39. The van der Waals surface area contributed by atoms with E-state index in [2.05, 4.69) is 10.3 Å². The smallest absolute Gasteiger partial charge is 0.399 e. The van der Waals surface area contributed by atoms with Crippen LogP contribution in [0.4, 0.5) is 4.79 Å². The van der Waals surface area contributed by atoms with E-state index in [0.717, 1.165) is 9.40 Å². The van der Waals surface area contributed by atoms with Gasteiger partial charge in [-0.15, -0.1) is 11.3 Å². The summed E-state index contributed by atoms with van der Waals surface area (Å²) in [7, 11) is 0. The van der Waals surface area contributed by atoms with E-state index >= 15 is 0 Å². The topological polar surface area (TPSA) is 109 Å². The number of nitrogens with zero attached hydrogens (tertiary/aromatic N) is 3. The number of hydrogen-bond donors (Lipinski definition) is 1. The summed E-state index contributed by atoms with van der Waals surface area (Å²) in [4.78, 5) is 59.0. The van der Waals surface area contributed by atoms with Crippen molar-refractivity contribution in [3.8, 4) is 5.06 Å². The molecule has 3 unspecified atom stereocenters. The quantitative estimate of drug-likeness (QED) is 0.543. The SMILES string of the molecule is CCCC(NC(=O)Oc1cc2sccc2s1)C(=O)N1CCC2C1C(=O)CN2C(=O)c1ccccn1. The Balaban J connectivity index is 1.27. The van der Waals surface area contributed by atoms with E-state index < -0.39 is 24.2 Å². The molecule has 0 aromatic carbocycles. The van der Waals surface area contributed by atoms with Gasteiger partial charge in [-0.05, 0) is 36.4 Å². The molecule has 3 amide bonds. The van der Waals surface area contributed by atoms with Crippen LogP contribution in [-0.2, 0) is 9.59 Å². The van der Waals surface area contributed by atoms with Crippen LogP contribution in [0.15, 0.2) is 41.9 Å². The van der Waals surface area contributed by atoms with Crippen LogP contribution >= 0.6 is 22.7 Å². The zero-order valence-electron chi connectivity index (χ0n) is 19.0. The van der Waals surface area contributed by atoms with Gasteiger partial charge in [-0.1, -0.05) is 30.7 Å². The number of fused-ring (bicyclic) bond motifs is 2. The van der Waals surface area contributed by atoms with Crippen molar-refractivity contribution in [2.45, 2.75) is 44.3 Å². The fourth-order valence-corrected chi connectivity index (χ4v) is 6.73. The van der Waals surface area contributed by atoms with Gasteiger partial charge >= 0.3 is 6.09 Å². The molecule has 3 aromatic heterocycles. The summed E-state index contributed by atoms with van der Waals surface area (Å²) in [6.45, 7) is 2.20. The maximum Gasteiger partial charge on any atom is 0.414 e. The lowest BCUT2D eigenvalue weighted by molar-refractivity contribution is -0.138. The number of hydrogen-bond acceptors (Lipinski definition) is 8. The maximum absolute atomic E-state index is 13.4. The molecule has 2 aliphatic rings. The molecule has 0 aliphatic carbocycles. The molecule has 2 saturated heterocycles. The van der Waals surface area contributed by atoms with Crippen LogP contribution in [0.25, 0.3) is 9.40 Å². The first-order valence-corrected chi connectivity index (χ1v) is 13.2. The van der Waals surface area contributed by atoms with Crippen LogP contribution in [-0.4, -0.2) is 69.7 Å². The Morgan fingerprint density at radius 1 is 1.23 bits per heavy atom. The van der Waals surface area contributed by atoms with Crippen molar-refractivity contribution in [2.75, 3.05) is 13.1 Å². The molecule has 11 heteroatoms. The number of ether oxygens (including phenoxy) is 1. The van der Waals surface area contributed by atoms with Gasteiger partial charge in [0, 0.05) is 28.2 Å². The third-order valence-electron chi connectivity index (χ3n) is 6.33. The standard InChI is InChI=1S/C24H24N4O5S2/c1-2-5-15(26-24(32)33-20-12-19-18(35-20)8-11-34-19)23(31)27-10-7-16-21(27)17(29)13-28(16)22(30)14-6-3-4-9-25-14/h3-4,6,8-9,11-12,15-16,21H,2,5,7,10,13H2,1H3,(H,26,32). The van der Waals surface area contributed by atoms with Gasteiger partial charge < -0.3 is 19.9 Å². The Kier molecular flexibility index (Phi) is 6.52. The second-order valence-corrected chi connectivity index (χ2v) is 10.5. The van der Waals surface area contributed by atoms with Crippen molar-refractivity contribution in [1.29, 1.82) is 0 Å². The van der Waals surface area contributed by atoms with Gasteiger partial charge in [-0.2, -0.15) is 0 Å². The van der Waals surface area contributed by atoms with Gasteiger partial charge in [0.15, 0.2) is 10.8 Å². The number of pyridine rings is 1. The highest BCUT2D eigenvalue weighted by atomic mass is 32.1. The van der Waals surface area contributed by atoms with Crippen LogP contribution < -0.4 is 10.1 Å². The van der Waals surface area contributed by atoms with Gasteiger partial charge in [-0.3, -0.25) is 19.4 Å². The fraction of sp³-hybridized carbons (Fsp3) is 0.375. The number of likely N-dealkylation sites (tertiary alicyclic amines) is 2. The van der Waals surface area contributed by atoms with E-state index in [-0.39, 0.29) is 29.8 Å². The molecule has 1 N–H and O–H groups in total. The summed E-state index contributed by atoms with van der Waals surface area (Å²) in [6, 6.07) is 6.89. The van der Waals surface area contributed by atoms with Gasteiger partial charge in [0.1, 0.15) is 17.8 Å². The first-order chi connectivity index (χ1) is 17.0. The molecular weight excluding hydrogens is 488 g/mol. The summed E-state index contributed by atoms with van der Waals surface area (Å²) < 4.78 is 7.50. The van der Waals surface area contributed by atoms with E-state index in [1.54, 1.807) is 35.6 Å². The lowest BCUT2D eigenvalue weighted by Crippen LogP contribution is -2.53. The average molecular weight is 513 g/mol. The summed E-state index contributed by atoms with van der Waals surface area (Å²) in [5.74, 6) is -0.825. The molecule has 2 aliphatic heterocycles. The van der Waals surface area contributed by atoms with Crippen molar-refractivity contribution >= 4 is 55.8 Å². The summed E-state index contributed by atoms with van der Waals surface area (Å²) in [5.41, 5.74) is 0.271. The number of thiophene rings is 2. The van der Waals surface area contributed by atoms with Gasteiger partial charge in [0.25, 0.3) is 5.91 Å². The number of carbonyl (C=O) groups is 4. The molecule has 182 valence electrons. The number of carbonyl (C=O) groups excluding carboxylic acids is 4. The monoisotopic (exact) mass is 512 g/mol. The molecular formula is C24H24N4O5S2. The fourth-order valence-electron chi connectivity index (χ4n) is 4.78. The number of Topliss-reactive ketones (excluding diaryl/α,β-unsaturated/α-hetero) is 1. The highest BCUT2D eigenvalue weighted by Crippen LogP contribution is 2.35. The van der Waals surface area contributed by atoms with Crippen molar-refractivity contribution in [3.63, 3.8) is 0 Å². The minimum Gasteiger partial charge on any atom is -0.399 e. The largest absolute Gasteiger partial charge is 0.414 e. The molecule has 5 rings (SSSR count). The lowest BCUT2D eigenvalue weighted by atomic mass is 10.1. The number of amides is 3. The highest BCUT2D eigenvalue weighted by molar-refractivity contribution is 7.27. The Morgan fingerprint density at radius 3 is 2.83 bits per heavy atom. The number of ketones is 1. The molecule has 5 heterocycles. The molecule has 3 atom stereocenters. The van der Waals surface area contributed by atoms with Crippen molar-refractivity contribution < 1.29 is 23.9 Å². The molecule has 0 bridgehead atoms. The molecule has 0 spiro atoms. The molecule has 9 nitrogen and oxygen atoms in total. The second-order valence-electron chi connectivity index (χ2n) is 8.54. The van der Waals surface area contributed by atoms with Crippen molar-refractivity contribution in [1.82, 2.24) is 20.1 Å². The summed E-state index contributed by atoms with van der Waals surface area (Å²) >= 11 is 2.93. The van der Waals surface area contributed by atoms with E-state index in [1.807, 2.05) is 18.4 Å². The Labute approximate surface area is 209 Å². The molecule has 3 aromatic rings. The first-order valence-electron chi connectivity index (χ1n) is 11.5. The number of nitrogens with one attached hydrogen (secondary N) is 1. The zero-order chi connectivity index (χ0) is 24.5.